The highest BCUT2D eigenvalue weighted by atomic mass is 16.5. The van der Waals surface area contributed by atoms with E-state index in [9.17, 15) is 14.4 Å². The molecule has 1 aliphatic heterocycles. The molecule has 0 aromatic heterocycles. The highest BCUT2D eigenvalue weighted by Crippen LogP contribution is 2.19. The van der Waals surface area contributed by atoms with Crippen molar-refractivity contribution in [2.45, 2.75) is 44.4 Å². The smallest absolute Gasteiger partial charge is 0.326 e. The van der Waals surface area contributed by atoms with Crippen LogP contribution in [0.5, 0.6) is 0 Å². The first-order valence-electron chi connectivity index (χ1n) is 5.69. The van der Waals surface area contributed by atoms with Gasteiger partial charge in [-0.2, -0.15) is 0 Å². The number of carbonyl (C=O) groups excluding carboxylic acids is 2. The zero-order chi connectivity index (χ0) is 13.7. The van der Waals surface area contributed by atoms with E-state index in [1.54, 1.807) is 0 Å². The molecular formula is C11H17NO6. The van der Waals surface area contributed by atoms with E-state index in [1.807, 2.05) is 6.92 Å². The fourth-order valence-electron chi connectivity index (χ4n) is 1.71. The molecule has 0 bridgehead atoms. The maximum absolute atomic E-state index is 11.7. The Labute approximate surface area is 104 Å². The third-order valence-corrected chi connectivity index (χ3v) is 2.74. The largest absolute Gasteiger partial charge is 0.480 e. The summed E-state index contributed by atoms with van der Waals surface area (Å²) in [5.41, 5.74) is 0. The van der Waals surface area contributed by atoms with Crippen molar-refractivity contribution in [2.24, 2.45) is 0 Å². The summed E-state index contributed by atoms with van der Waals surface area (Å²) in [7, 11) is 1.16. The zero-order valence-electron chi connectivity index (χ0n) is 10.3. The van der Waals surface area contributed by atoms with Crippen LogP contribution in [0.4, 0.5) is 0 Å². The molecule has 0 aromatic rings. The lowest BCUT2D eigenvalue weighted by Crippen LogP contribution is -2.46. The summed E-state index contributed by atoms with van der Waals surface area (Å²) in [5, 5.41) is 11.2. The molecule has 1 aliphatic rings. The van der Waals surface area contributed by atoms with Crippen molar-refractivity contribution < 1.29 is 29.0 Å². The van der Waals surface area contributed by atoms with Crippen molar-refractivity contribution in [1.82, 2.24) is 5.32 Å². The van der Waals surface area contributed by atoms with Crippen molar-refractivity contribution >= 4 is 17.8 Å². The van der Waals surface area contributed by atoms with E-state index in [2.05, 4.69) is 10.1 Å². The number of amides is 1. The first-order valence-corrected chi connectivity index (χ1v) is 5.69. The summed E-state index contributed by atoms with van der Waals surface area (Å²) in [5.74, 6) is -2.47. The molecule has 0 aliphatic carbocycles. The van der Waals surface area contributed by atoms with Crippen molar-refractivity contribution in [1.29, 1.82) is 0 Å². The van der Waals surface area contributed by atoms with Crippen LogP contribution in [0.25, 0.3) is 0 Å². The van der Waals surface area contributed by atoms with E-state index in [0.29, 0.717) is 6.42 Å². The fourth-order valence-corrected chi connectivity index (χ4v) is 1.71. The summed E-state index contributed by atoms with van der Waals surface area (Å²) in [6.45, 7) is 1.84. The van der Waals surface area contributed by atoms with E-state index < -0.39 is 36.4 Å². The molecule has 0 spiro atoms. The highest BCUT2D eigenvalue weighted by Gasteiger charge is 2.32. The number of methoxy groups -OCH3 is 1. The van der Waals surface area contributed by atoms with Gasteiger partial charge >= 0.3 is 11.9 Å². The first-order chi connectivity index (χ1) is 8.43. The average Bonchev–Trinajstić information content (AvgIpc) is 2.74. The van der Waals surface area contributed by atoms with Crippen LogP contribution in [0.2, 0.25) is 0 Å². The molecule has 3 atom stereocenters. The molecule has 18 heavy (non-hydrogen) atoms. The molecule has 7 heteroatoms. The monoisotopic (exact) mass is 259 g/mol. The van der Waals surface area contributed by atoms with Gasteiger partial charge in [0.05, 0.1) is 19.6 Å². The molecular weight excluding hydrogens is 242 g/mol. The van der Waals surface area contributed by atoms with Gasteiger partial charge in [-0.25, -0.2) is 4.79 Å². The molecule has 7 nitrogen and oxygen atoms in total. The molecule has 0 aromatic carbocycles. The lowest BCUT2D eigenvalue weighted by molar-refractivity contribution is -0.149. The number of carboxylic acid groups (broad SMARTS) is 1. The van der Waals surface area contributed by atoms with E-state index in [4.69, 9.17) is 9.84 Å². The van der Waals surface area contributed by atoms with Crippen molar-refractivity contribution in [3.8, 4) is 0 Å². The van der Waals surface area contributed by atoms with Gasteiger partial charge in [0.2, 0.25) is 5.91 Å². The minimum absolute atomic E-state index is 0.00960. The van der Waals surface area contributed by atoms with E-state index in [1.165, 1.54) is 0 Å². The van der Waals surface area contributed by atoms with Crippen LogP contribution < -0.4 is 5.32 Å². The van der Waals surface area contributed by atoms with Gasteiger partial charge in [-0.05, 0) is 19.8 Å². The maximum atomic E-state index is 11.7. The number of nitrogens with one attached hydrogen (secondary N) is 1. The number of ether oxygens (including phenoxy) is 2. The SMILES string of the molecule is COC(=O)C[C@H](NC(=O)C1CCC(C)O1)C(=O)O. The number of carboxylic acids is 1. The predicted octanol–water partition coefficient (Wildman–Crippen LogP) is -0.314. The molecule has 1 fully saturated rings. The summed E-state index contributed by atoms with van der Waals surface area (Å²) in [4.78, 5) is 33.6. The van der Waals surface area contributed by atoms with Gasteiger partial charge in [0.25, 0.3) is 0 Å². The van der Waals surface area contributed by atoms with Crippen LogP contribution >= 0.6 is 0 Å². The molecule has 2 N–H and O–H groups in total. The quantitative estimate of drug-likeness (QED) is 0.656. The van der Waals surface area contributed by atoms with E-state index in [0.717, 1.165) is 13.5 Å². The van der Waals surface area contributed by atoms with Gasteiger partial charge in [0.15, 0.2) is 0 Å². The molecule has 0 saturated carbocycles. The topological polar surface area (TPSA) is 102 Å². The number of aliphatic carboxylic acids is 1. The Hall–Kier alpha value is -1.63. The van der Waals surface area contributed by atoms with Crippen LogP contribution in [0.15, 0.2) is 0 Å². The Morgan fingerprint density at radius 1 is 1.44 bits per heavy atom. The lowest BCUT2D eigenvalue weighted by Gasteiger charge is -2.16. The second kappa shape index (κ2) is 6.34. The second-order valence-electron chi connectivity index (χ2n) is 4.19. The van der Waals surface area contributed by atoms with Crippen LogP contribution in [0.1, 0.15) is 26.2 Å². The van der Waals surface area contributed by atoms with Gasteiger partial charge in [-0.1, -0.05) is 0 Å². The van der Waals surface area contributed by atoms with Gasteiger partial charge in [-0.15, -0.1) is 0 Å². The van der Waals surface area contributed by atoms with Crippen LogP contribution in [-0.4, -0.2) is 48.3 Å². The number of hydrogen-bond donors (Lipinski definition) is 2. The number of hydrogen-bond acceptors (Lipinski definition) is 5. The third-order valence-electron chi connectivity index (χ3n) is 2.74. The maximum Gasteiger partial charge on any atom is 0.326 e. The van der Waals surface area contributed by atoms with Crippen molar-refractivity contribution in [3.05, 3.63) is 0 Å². The minimum atomic E-state index is -1.29. The number of esters is 1. The highest BCUT2D eigenvalue weighted by molar-refractivity contribution is 5.89. The number of rotatable bonds is 5. The molecule has 0 radical (unpaired) electrons. The van der Waals surface area contributed by atoms with Crippen LogP contribution in [-0.2, 0) is 23.9 Å². The molecule has 1 rings (SSSR count). The third kappa shape index (κ3) is 3.99. The Morgan fingerprint density at radius 3 is 2.56 bits per heavy atom. The lowest BCUT2D eigenvalue weighted by atomic mass is 10.1. The standard InChI is InChI=1S/C11H17NO6/c1-6-3-4-8(18-6)10(14)12-7(11(15)16)5-9(13)17-2/h6-8H,3-5H2,1-2H3,(H,12,14)(H,15,16)/t6?,7-,8?/m0/s1. The first kappa shape index (κ1) is 14.4. The minimum Gasteiger partial charge on any atom is -0.480 e. The van der Waals surface area contributed by atoms with E-state index in [-0.39, 0.29) is 6.10 Å². The molecule has 1 heterocycles. The van der Waals surface area contributed by atoms with Gasteiger partial charge in [0, 0.05) is 0 Å². The number of carbonyl (C=O) groups is 3. The molecule has 102 valence electrons. The molecule has 1 saturated heterocycles. The summed E-state index contributed by atoms with van der Waals surface area (Å²) < 4.78 is 9.68. The Morgan fingerprint density at radius 2 is 2.11 bits per heavy atom. The van der Waals surface area contributed by atoms with Gasteiger partial charge in [-0.3, -0.25) is 9.59 Å². The Balaban J connectivity index is 2.52. The average molecular weight is 259 g/mol. The van der Waals surface area contributed by atoms with Crippen LogP contribution in [0.3, 0.4) is 0 Å². The fraction of sp³-hybridized carbons (Fsp3) is 0.727. The Bertz CT molecular complexity index is 342. The van der Waals surface area contributed by atoms with Gasteiger partial charge < -0.3 is 19.9 Å². The van der Waals surface area contributed by atoms with E-state index >= 15 is 0 Å². The van der Waals surface area contributed by atoms with Crippen molar-refractivity contribution in [2.75, 3.05) is 7.11 Å². The van der Waals surface area contributed by atoms with Crippen molar-refractivity contribution in [3.63, 3.8) is 0 Å². The molecule has 2 unspecified atom stereocenters. The zero-order valence-corrected chi connectivity index (χ0v) is 10.3. The second-order valence-corrected chi connectivity index (χ2v) is 4.19. The predicted molar refractivity (Wildman–Crippen MR) is 59.8 cm³/mol. The van der Waals surface area contributed by atoms with Crippen LogP contribution in [0, 0.1) is 0 Å². The molecule has 1 amide bonds. The van der Waals surface area contributed by atoms with Gasteiger partial charge in [0.1, 0.15) is 12.1 Å². The summed E-state index contributed by atoms with van der Waals surface area (Å²) in [6, 6.07) is -1.29. The Kier molecular flexibility index (Phi) is 5.08. The normalized spacial score (nSPS) is 24.3. The summed E-state index contributed by atoms with van der Waals surface area (Å²) in [6.07, 6.45) is 0.258. The summed E-state index contributed by atoms with van der Waals surface area (Å²) >= 11 is 0.